The summed E-state index contributed by atoms with van der Waals surface area (Å²) in [6.45, 7) is 9.25. The first-order chi connectivity index (χ1) is 13.6. The molecule has 0 aliphatic rings. The van der Waals surface area contributed by atoms with Crippen LogP contribution in [0, 0.1) is 5.92 Å². The number of nitrogens with one attached hydrogen (secondary N) is 3. The lowest BCUT2D eigenvalue weighted by Gasteiger charge is -2.15. The smallest absolute Gasteiger partial charge is 0.251 e. The SMILES string of the molecule is CCCNC(=O)c1cccc(CN=C(NCC)NCC(C)Cc2cccs2)c1. The number of benzene rings is 1. The number of hydrogen-bond donors (Lipinski definition) is 3. The van der Waals surface area contributed by atoms with Crippen molar-refractivity contribution in [3.63, 3.8) is 0 Å². The molecule has 0 saturated heterocycles. The second-order valence-corrected chi connectivity index (χ2v) is 7.95. The zero-order valence-corrected chi connectivity index (χ0v) is 17.9. The fourth-order valence-corrected chi connectivity index (χ4v) is 3.65. The Morgan fingerprint density at radius 2 is 2.00 bits per heavy atom. The highest BCUT2D eigenvalue weighted by molar-refractivity contribution is 7.09. The van der Waals surface area contributed by atoms with Gasteiger partial charge in [0.15, 0.2) is 5.96 Å². The average Bonchev–Trinajstić information content (AvgIpc) is 3.21. The third-order valence-electron chi connectivity index (χ3n) is 4.24. The Morgan fingerprint density at radius 3 is 2.71 bits per heavy atom. The van der Waals surface area contributed by atoms with E-state index in [1.807, 2.05) is 31.2 Å². The van der Waals surface area contributed by atoms with E-state index in [0.717, 1.165) is 37.5 Å². The molecule has 6 heteroatoms. The van der Waals surface area contributed by atoms with Gasteiger partial charge in [-0.2, -0.15) is 0 Å². The first-order valence-corrected chi connectivity index (χ1v) is 10.9. The van der Waals surface area contributed by atoms with Crippen LogP contribution >= 0.6 is 11.3 Å². The van der Waals surface area contributed by atoms with Gasteiger partial charge in [0.05, 0.1) is 6.54 Å². The standard InChI is InChI=1S/C22H32N4OS/c1-4-11-24-21(27)19-9-6-8-18(14-19)16-26-22(23-5-2)25-15-17(3)13-20-10-7-12-28-20/h6-10,12,14,17H,4-5,11,13,15-16H2,1-3H3,(H,24,27)(H2,23,25,26). The molecule has 1 aromatic carbocycles. The lowest BCUT2D eigenvalue weighted by atomic mass is 10.1. The molecule has 3 N–H and O–H groups in total. The summed E-state index contributed by atoms with van der Waals surface area (Å²) in [4.78, 5) is 18.2. The van der Waals surface area contributed by atoms with Crippen molar-refractivity contribution in [2.75, 3.05) is 19.6 Å². The van der Waals surface area contributed by atoms with Crippen LogP contribution in [0.4, 0.5) is 0 Å². The number of guanidine groups is 1. The van der Waals surface area contributed by atoms with E-state index in [9.17, 15) is 4.79 Å². The second kappa shape index (κ2) is 12.2. The van der Waals surface area contributed by atoms with Crippen LogP contribution in [-0.4, -0.2) is 31.5 Å². The summed E-state index contributed by atoms with van der Waals surface area (Å²) in [6, 6.07) is 12.0. The lowest BCUT2D eigenvalue weighted by Crippen LogP contribution is -2.39. The highest BCUT2D eigenvalue weighted by Gasteiger charge is 2.07. The van der Waals surface area contributed by atoms with Crippen molar-refractivity contribution in [2.45, 2.75) is 40.2 Å². The third-order valence-corrected chi connectivity index (χ3v) is 5.14. The maximum Gasteiger partial charge on any atom is 0.251 e. The zero-order chi connectivity index (χ0) is 20.2. The summed E-state index contributed by atoms with van der Waals surface area (Å²) >= 11 is 1.81. The molecular formula is C22H32N4OS. The number of hydrogen-bond acceptors (Lipinski definition) is 3. The average molecular weight is 401 g/mol. The normalized spacial score (nSPS) is 12.5. The minimum absolute atomic E-state index is 0.0277. The predicted octanol–water partition coefficient (Wildman–Crippen LogP) is 3.82. The Hall–Kier alpha value is -2.34. The molecule has 1 heterocycles. The molecule has 1 aromatic heterocycles. The van der Waals surface area contributed by atoms with Gasteiger partial charge >= 0.3 is 0 Å². The fraction of sp³-hybridized carbons (Fsp3) is 0.455. The summed E-state index contributed by atoms with van der Waals surface area (Å²) in [6.07, 6.45) is 2.00. The van der Waals surface area contributed by atoms with Gasteiger partial charge in [-0.15, -0.1) is 11.3 Å². The maximum absolute atomic E-state index is 12.1. The summed E-state index contributed by atoms with van der Waals surface area (Å²) in [5.74, 6) is 1.30. The Morgan fingerprint density at radius 1 is 1.14 bits per heavy atom. The second-order valence-electron chi connectivity index (χ2n) is 6.92. The van der Waals surface area contributed by atoms with Crippen molar-refractivity contribution in [1.29, 1.82) is 0 Å². The molecule has 28 heavy (non-hydrogen) atoms. The van der Waals surface area contributed by atoms with Gasteiger partial charge < -0.3 is 16.0 Å². The van der Waals surface area contributed by atoms with E-state index in [0.29, 0.717) is 24.6 Å². The molecule has 0 aliphatic carbocycles. The van der Waals surface area contributed by atoms with Crippen LogP contribution in [0.2, 0.25) is 0 Å². The molecule has 1 amide bonds. The van der Waals surface area contributed by atoms with Crippen LogP contribution in [0.15, 0.2) is 46.8 Å². The van der Waals surface area contributed by atoms with E-state index in [4.69, 9.17) is 0 Å². The third kappa shape index (κ3) is 7.72. The number of amides is 1. The van der Waals surface area contributed by atoms with Gasteiger partial charge in [-0.3, -0.25) is 4.79 Å². The molecule has 0 bridgehead atoms. The number of carbonyl (C=O) groups excluding carboxylic acids is 1. The number of nitrogens with zero attached hydrogens (tertiary/aromatic N) is 1. The van der Waals surface area contributed by atoms with Crippen LogP contribution in [-0.2, 0) is 13.0 Å². The number of aliphatic imine (C=N–C) groups is 1. The number of rotatable bonds is 10. The zero-order valence-electron chi connectivity index (χ0n) is 17.1. The largest absolute Gasteiger partial charge is 0.357 e. The molecule has 0 fully saturated rings. The van der Waals surface area contributed by atoms with Crippen LogP contribution in [0.3, 0.4) is 0 Å². The summed E-state index contributed by atoms with van der Waals surface area (Å²) < 4.78 is 0. The van der Waals surface area contributed by atoms with Crippen molar-refractivity contribution in [2.24, 2.45) is 10.9 Å². The molecule has 5 nitrogen and oxygen atoms in total. The monoisotopic (exact) mass is 400 g/mol. The molecule has 0 aliphatic heterocycles. The van der Waals surface area contributed by atoms with Gasteiger partial charge in [0.1, 0.15) is 0 Å². The molecule has 2 aromatic rings. The molecule has 152 valence electrons. The van der Waals surface area contributed by atoms with E-state index in [1.54, 1.807) is 11.3 Å². The van der Waals surface area contributed by atoms with Gasteiger partial charge in [-0.05, 0) is 54.8 Å². The van der Waals surface area contributed by atoms with Gasteiger partial charge in [-0.25, -0.2) is 4.99 Å². The van der Waals surface area contributed by atoms with Gasteiger partial charge in [0.2, 0.25) is 0 Å². The molecule has 0 spiro atoms. The van der Waals surface area contributed by atoms with Crippen molar-refractivity contribution < 1.29 is 4.79 Å². The highest BCUT2D eigenvalue weighted by Crippen LogP contribution is 2.13. The van der Waals surface area contributed by atoms with Crippen LogP contribution in [0.5, 0.6) is 0 Å². The van der Waals surface area contributed by atoms with Crippen LogP contribution in [0.1, 0.15) is 48.0 Å². The summed E-state index contributed by atoms with van der Waals surface area (Å²) in [7, 11) is 0. The highest BCUT2D eigenvalue weighted by atomic mass is 32.1. The fourth-order valence-electron chi connectivity index (χ4n) is 2.78. The van der Waals surface area contributed by atoms with Crippen molar-refractivity contribution >= 4 is 23.2 Å². The molecule has 0 radical (unpaired) electrons. The van der Waals surface area contributed by atoms with Gasteiger partial charge in [0.25, 0.3) is 5.91 Å². The first kappa shape index (κ1) is 22.0. The minimum Gasteiger partial charge on any atom is -0.357 e. The van der Waals surface area contributed by atoms with Gasteiger partial charge in [-0.1, -0.05) is 32.0 Å². The van der Waals surface area contributed by atoms with Crippen LogP contribution in [0.25, 0.3) is 0 Å². The van der Waals surface area contributed by atoms with Crippen LogP contribution < -0.4 is 16.0 Å². The quantitative estimate of drug-likeness (QED) is 0.420. The van der Waals surface area contributed by atoms with Crippen molar-refractivity contribution in [3.05, 3.63) is 57.8 Å². The summed E-state index contributed by atoms with van der Waals surface area (Å²) in [5.41, 5.74) is 1.71. The number of thiophene rings is 1. The molecular weight excluding hydrogens is 368 g/mol. The Kier molecular flexibility index (Phi) is 9.55. The Bertz CT molecular complexity index is 743. The van der Waals surface area contributed by atoms with E-state index in [1.165, 1.54) is 4.88 Å². The summed E-state index contributed by atoms with van der Waals surface area (Å²) in [5, 5.41) is 11.8. The van der Waals surface area contributed by atoms with E-state index in [-0.39, 0.29) is 5.91 Å². The number of carbonyl (C=O) groups is 1. The first-order valence-electron chi connectivity index (χ1n) is 10.0. The molecule has 0 saturated carbocycles. The lowest BCUT2D eigenvalue weighted by molar-refractivity contribution is 0.0953. The molecule has 2 rings (SSSR count). The van der Waals surface area contributed by atoms with E-state index in [2.05, 4.69) is 52.3 Å². The predicted molar refractivity (Wildman–Crippen MR) is 119 cm³/mol. The molecule has 1 unspecified atom stereocenters. The molecule has 1 atom stereocenters. The maximum atomic E-state index is 12.1. The van der Waals surface area contributed by atoms with E-state index < -0.39 is 0 Å². The Labute approximate surface area is 172 Å². The topological polar surface area (TPSA) is 65.5 Å². The van der Waals surface area contributed by atoms with Crippen molar-refractivity contribution in [3.8, 4) is 0 Å². The minimum atomic E-state index is -0.0277. The van der Waals surface area contributed by atoms with Crippen molar-refractivity contribution in [1.82, 2.24) is 16.0 Å². The van der Waals surface area contributed by atoms with E-state index >= 15 is 0 Å². The van der Waals surface area contributed by atoms with Gasteiger partial charge in [0, 0.05) is 30.1 Å². The Balaban J connectivity index is 1.91.